The minimum absolute atomic E-state index is 0.0622. The molecule has 0 unspecified atom stereocenters. The van der Waals surface area contributed by atoms with Gasteiger partial charge in [-0.05, 0) is 66.7 Å². The number of carbonyl (C=O) groups excluding carboxylic acids is 3. The third kappa shape index (κ3) is 8.03. The molecule has 0 aliphatic rings. The van der Waals surface area contributed by atoms with Crippen LogP contribution < -0.4 is 26.2 Å². The predicted octanol–water partition coefficient (Wildman–Crippen LogP) is 7.57. The fourth-order valence-corrected chi connectivity index (χ4v) is 3.86. The Labute approximate surface area is 250 Å². The maximum absolute atomic E-state index is 13.0. The molecule has 4 N–H and O–H groups in total. The maximum Gasteiger partial charge on any atom is 0.417 e. The summed E-state index contributed by atoms with van der Waals surface area (Å²) in [5.41, 5.74) is 3.73. The Bertz CT molecular complexity index is 1650. The van der Waals surface area contributed by atoms with Crippen LogP contribution in [-0.4, -0.2) is 22.8 Å². The van der Waals surface area contributed by atoms with E-state index in [0.29, 0.717) is 11.4 Å². The van der Waals surface area contributed by atoms with Crippen molar-refractivity contribution in [3.8, 4) is 11.5 Å². The number of aromatic nitrogens is 1. The molecule has 4 amide bonds. The average Bonchev–Trinajstić information content (AvgIpc) is 2.94. The molecule has 0 saturated heterocycles. The molecule has 0 spiro atoms. The van der Waals surface area contributed by atoms with Crippen LogP contribution in [0.1, 0.15) is 26.4 Å². The van der Waals surface area contributed by atoms with Gasteiger partial charge in [0.05, 0.1) is 20.6 Å². The lowest BCUT2D eigenvalue weighted by molar-refractivity contribution is -0.137. The van der Waals surface area contributed by atoms with Crippen LogP contribution in [0.5, 0.6) is 11.5 Å². The molecule has 4 aromatic rings. The summed E-state index contributed by atoms with van der Waals surface area (Å²) < 4.78 is 44.8. The summed E-state index contributed by atoms with van der Waals surface area (Å²) in [6.45, 7) is 0. The lowest BCUT2D eigenvalue weighted by Crippen LogP contribution is -2.41. The van der Waals surface area contributed by atoms with E-state index in [1.807, 2.05) is 0 Å². The predicted molar refractivity (Wildman–Crippen MR) is 151 cm³/mol. The zero-order valence-corrected chi connectivity index (χ0v) is 23.1. The van der Waals surface area contributed by atoms with Gasteiger partial charge in [0, 0.05) is 29.2 Å². The zero-order valence-electron chi connectivity index (χ0n) is 20.9. The van der Waals surface area contributed by atoms with Crippen molar-refractivity contribution in [1.82, 2.24) is 15.8 Å². The Morgan fingerprint density at radius 3 is 2.02 bits per heavy atom. The Morgan fingerprint density at radius 1 is 0.690 bits per heavy atom. The number of halogens is 6. The van der Waals surface area contributed by atoms with Gasteiger partial charge in [-0.15, -0.1) is 0 Å². The summed E-state index contributed by atoms with van der Waals surface area (Å²) in [5, 5.41) is 4.76. The number of anilines is 2. The first-order valence-electron chi connectivity index (χ1n) is 11.6. The van der Waals surface area contributed by atoms with Gasteiger partial charge in [0.25, 0.3) is 11.8 Å². The van der Waals surface area contributed by atoms with Crippen LogP contribution in [0.25, 0.3) is 0 Å². The number of carbonyl (C=O) groups is 3. The molecule has 42 heavy (non-hydrogen) atoms. The van der Waals surface area contributed by atoms with Crippen molar-refractivity contribution < 1.29 is 32.3 Å². The summed E-state index contributed by atoms with van der Waals surface area (Å²) in [6, 6.07) is 15.3. The zero-order chi connectivity index (χ0) is 30.4. The summed E-state index contributed by atoms with van der Waals surface area (Å²) in [6.07, 6.45) is -3.35. The Hall–Kier alpha value is -4.52. The number of hydrazine groups is 1. The lowest BCUT2D eigenvalue weighted by atomic mass is 10.2. The number of ether oxygens (including phenoxy) is 1. The third-order valence-corrected chi connectivity index (χ3v) is 6.38. The summed E-state index contributed by atoms with van der Waals surface area (Å²) in [5.74, 6) is -0.773. The highest BCUT2D eigenvalue weighted by molar-refractivity contribution is 6.42. The maximum atomic E-state index is 13.0. The highest BCUT2D eigenvalue weighted by atomic mass is 35.5. The molecule has 1 heterocycles. The van der Waals surface area contributed by atoms with E-state index in [9.17, 15) is 27.6 Å². The molecule has 15 heteroatoms. The van der Waals surface area contributed by atoms with Crippen molar-refractivity contribution in [2.45, 2.75) is 6.18 Å². The van der Waals surface area contributed by atoms with E-state index in [2.05, 4.69) is 26.5 Å². The van der Waals surface area contributed by atoms with Gasteiger partial charge in [-0.3, -0.25) is 25.4 Å². The number of amides is 4. The smallest absolute Gasteiger partial charge is 0.417 e. The van der Waals surface area contributed by atoms with Crippen LogP contribution in [0.3, 0.4) is 0 Å². The van der Waals surface area contributed by atoms with Crippen molar-refractivity contribution in [2.24, 2.45) is 0 Å². The summed E-state index contributed by atoms with van der Waals surface area (Å²) in [4.78, 5) is 40.9. The van der Waals surface area contributed by atoms with Crippen molar-refractivity contribution >= 4 is 64.0 Å². The molecule has 0 atom stereocenters. The fraction of sp³-hybridized carbons (Fsp3) is 0.0370. The number of hydrogen-bond acceptors (Lipinski definition) is 5. The number of alkyl halides is 3. The number of urea groups is 1. The molecule has 216 valence electrons. The second-order valence-corrected chi connectivity index (χ2v) is 9.53. The molecular weight excluding hydrogens is 622 g/mol. The molecule has 3 aromatic carbocycles. The molecule has 1 aromatic heterocycles. The van der Waals surface area contributed by atoms with Crippen LogP contribution >= 0.6 is 34.8 Å². The summed E-state index contributed by atoms with van der Waals surface area (Å²) >= 11 is 17.3. The van der Waals surface area contributed by atoms with Crippen molar-refractivity contribution in [3.05, 3.63) is 111 Å². The van der Waals surface area contributed by atoms with Gasteiger partial charge in [0.1, 0.15) is 17.2 Å². The number of hydrogen-bond donors (Lipinski definition) is 4. The van der Waals surface area contributed by atoms with E-state index in [0.717, 1.165) is 12.1 Å². The number of pyridine rings is 1. The van der Waals surface area contributed by atoms with E-state index in [-0.39, 0.29) is 32.7 Å². The van der Waals surface area contributed by atoms with Gasteiger partial charge in [0.2, 0.25) is 0 Å². The second kappa shape index (κ2) is 13.0. The quantitative estimate of drug-likeness (QED) is 0.162. The Morgan fingerprint density at radius 2 is 1.33 bits per heavy atom. The van der Waals surface area contributed by atoms with Crippen molar-refractivity contribution in [3.63, 3.8) is 0 Å². The van der Waals surface area contributed by atoms with Gasteiger partial charge in [-0.2, -0.15) is 13.2 Å². The molecule has 0 saturated carbocycles. The third-order valence-electron chi connectivity index (χ3n) is 5.31. The first kappa shape index (κ1) is 30.4. The number of benzene rings is 3. The van der Waals surface area contributed by atoms with Crippen molar-refractivity contribution in [1.29, 1.82) is 0 Å². The SMILES string of the molecule is O=C(Nc1ccc(Oc2ccnc(C(=O)NNC(=O)c3ccc(Cl)c(Cl)c3)c2)cc1)Nc1ccc(Cl)c(C(F)(F)F)c1. The van der Waals surface area contributed by atoms with Gasteiger partial charge in [0.15, 0.2) is 0 Å². The van der Waals surface area contributed by atoms with E-state index in [4.69, 9.17) is 39.5 Å². The lowest BCUT2D eigenvalue weighted by Gasteiger charge is -2.13. The van der Waals surface area contributed by atoms with Gasteiger partial charge < -0.3 is 15.4 Å². The second-order valence-electron chi connectivity index (χ2n) is 8.31. The Balaban J connectivity index is 1.32. The van der Waals surface area contributed by atoms with Gasteiger partial charge >= 0.3 is 12.2 Å². The molecule has 0 aliphatic heterocycles. The average molecular weight is 639 g/mol. The van der Waals surface area contributed by atoms with E-state index < -0.39 is 34.6 Å². The van der Waals surface area contributed by atoms with E-state index in [1.165, 1.54) is 66.9 Å². The molecule has 0 fully saturated rings. The molecule has 0 bridgehead atoms. The molecule has 9 nitrogen and oxygen atoms in total. The van der Waals surface area contributed by atoms with E-state index >= 15 is 0 Å². The molecule has 0 aliphatic carbocycles. The highest BCUT2D eigenvalue weighted by Gasteiger charge is 2.33. The van der Waals surface area contributed by atoms with E-state index in [1.54, 1.807) is 0 Å². The Kier molecular flexibility index (Phi) is 9.41. The standard InChI is InChI=1S/C27H17Cl3F3N5O4/c28-20-8-4-16(12-19(20)27(31,32)33)36-26(41)35-15-2-5-17(6-3-15)42-18-9-10-34-23(13-18)25(40)38-37-24(39)14-1-7-21(29)22(30)11-14/h1-13H,(H,37,39)(H,38,40)(H2,35,36,41). The minimum Gasteiger partial charge on any atom is -0.457 e. The number of nitrogens with zero attached hydrogens (tertiary/aromatic N) is 1. The first-order valence-corrected chi connectivity index (χ1v) is 12.8. The first-order chi connectivity index (χ1) is 19.9. The summed E-state index contributed by atoms with van der Waals surface area (Å²) in [7, 11) is 0. The van der Waals surface area contributed by atoms with Crippen molar-refractivity contribution in [2.75, 3.05) is 10.6 Å². The van der Waals surface area contributed by atoms with Crippen LogP contribution in [-0.2, 0) is 6.18 Å². The molecule has 4 rings (SSSR count). The van der Waals surface area contributed by atoms with Crippen LogP contribution in [0, 0.1) is 0 Å². The van der Waals surface area contributed by atoms with Gasteiger partial charge in [-0.1, -0.05) is 34.8 Å². The van der Waals surface area contributed by atoms with Gasteiger partial charge in [-0.25, -0.2) is 4.79 Å². The molecular formula is C27H17Cl3F3N5O4. The number of nitrogens with one attached hydrogen (secondary N) is 4. The topological polar surface area (TPSA) is 121 Å². The minimum atomic E-state index is -4.68. The van der Waals surface area contributed by atoms with Crippen LogP contribution in [0.2, 0.25) is 15.1 Å². The normalized spacial score (nSPS) is 10.9. The fourth-order valence-electron chi connectivity index (χ4n) is 3.34. The van der Waals surface area contributed by atoms with Crippen LogP contribution in [0.15, 0.2) is 79.0 Å². The monoisotopic (exact) mass is 637 g/mol. The largest absolute Gasteiger partial charge is 0.457 e. The number of rotatable bonds is 6. The molecule has 0 radical (unpaired) electrons. The highest BCUT2D eigenvalue weighted by Crippen LogP contribution is 2.36. The van der Waals surface area contributed by atoms with Crippen LogP contribution in [0.4, 0.5) is 29.3 Å².